The summed E-state index contributed by atoms with van der Waals surface area (Å²) < 4.78 is 24.7. The maximum absolute atomic E-state index is 12.8. The Balaban J connectivity index is 1.64. The smallest absolute Gasteiger partial charge is 0.191 e. The minimum atomic E-state index is -1.62. The van der Waals surface area contributed by atoms with Gasteiger partial charge in [0.25, 0.3) is 0 Å². The maximum Gasteiger partial charge on any atom is 0.191 e. The molecule has 6 heteroatoms. The molecular formula is C20H28O5Si. The van der Waals surface area contributed by atoms with Crippen molar-refractivity contribution in [2.45, 2.75) is 81.9 Å². The summed E-state index contributed by atoms with van der Waals surface area (Å²) in [5.41, 5.74) is 0.371. The van der Waals surface area contributed by atoms with E-state index in [1.165, 1.54) is 0 Å². The first-order chi connectivity index (χ1) is 12.1. The first kappa shape index (κ1) is 18.3. The van der Waals surface area contributed by atoms with Gasteiger partial charge in [-0.3, -0.25) is 4.79 Å². The number of carbonyl (C=O) groups is 1. The number of Topliss-reactive ketones (excluding diaryl/α,β-unsaturated/α-hetero) is 1. The molecule has 0 aromatic heterocycles. The van der Waals surface area contributed by atoms with Gasteiger partial charge in [-0.1, -0.05) is 50.0 Å². The van der Waals surface area contributed by atoms with Crippen molar-refractivity contribution in [3.8, 4) is 0 Å². The highest BCUT2D eigenvalue weighted by molar-refractivity contribution is 6.79. The monoisotopic (exact) mass is 376 g/mol. The van der Waals surface area contributed by atoms with E-state index in [1.807, 2.05) is 44.2 Å². The van der Waals surface area contributed by atoms with Crippen molar-refractivity contribution >= 4 is 13.9 Å². The molecule has 2 heterocycles. The molecule has 5 nitrogen and oxygen atoms in total. The second kappa shape index (κ2) is 5.97. The van der Waals surface area contributed by atoms with E-state index < -0.39 is 31.9 Å². The predicted octanol–water partition coefficient (Wildman–Crippen LogP) is 3.50. The number of rotatable bonds is 4. The van der Waals surface area contributed by atoms with Crippen LogP contribution in [0.5, 0.6) is 0 Å². The van der Waals surface area contributed by atoms with Crippen LogP contribution in [0.2, 0.25) is 25.2 Å². The molecule has 142 valence electrons. The summed E-state index contributed by atoms with van der Waals surface area (Å²) in [6.45, 7) is 11.0. The van der Waals surface area contributed by atoms with Crippen molar-refractivity contribution in [1.82, 2.24) is 0 Å². The molecule has 2 saturated heterocycles. The number of hydrogen-bond donors (Lipinski definition) is 0. The lowest BCUT2D eigenvalue weighted by molar-refractivity contribution is -0.251. The molecular weight excluding hydrogens is 348 g/mol. The Hall–Kier alpha value is -1.05. The molecule has 1 saturated carbocycles. The third kappa shape index (κ3) is 2.79. The lowest BCUT2D eigenvalue weighted by Gasteiger charge is -2.53. The summed E-state index contributed by atoms with van der Waals surface area (Å²) in [6, 6.07) is 10.00. The van der Waals surface area contributed by atoms with Crippen LogP contribution in [0.3, 0.4) is 0 Å². The van der Waals surface area contributed by atoms with Crippen molar-refractivity contribution < 1.29 is 23.7 Å². The van der Waals surface area contributed by atoms with Crippen LogP contribution in [0.4, 0.5) is 0 Å². The zero-order valence-electron chi connectivity index (χ0n) is 16.2. The first-order valence-electron chi connectivity index (χ1n) is 9.36. The van der Waals surface area contributed by atoms with Crippen LogP contribution in [0, 0.1) is 0 Å². The van der Waals surface area contributed by atoms with E-state index in [2.05, 4.69) is 19.6 Å². The van der Waals surface area contributed by atoms with Gasteiger partial charge in [0, 0.05) is 6.42 Å². The molecule has 1 aromatic rings. The van der Waals surface area contributed by atoms with Crippen molar-refractivity contribution in [3.05, 3.63) is 35.9 Å². The molecule has 3 fully saturated rings. The number of benzene rings is 1. The normalized spacial score (nSPS) is 38.4. The Morgan fingerprint density at radius 3 is 2.42 bits per heavy atom. The Morgan fingerprint density at radius 1 is 1.12 bits per heavy atom. The van der Waals surface area contributed by atoms with Crippen LogP contribution in [-0.2, 0) is 30.3 Å². The summed E-state index contributed by atoms with van der Waals surface area (Å²) >= 11 is 0. The largest absolute Gasteiger partial charge is 0.367 e. The molecule has 0 N–H and O–H groups in total. The van der Waals surface area contributed by atoms with Crippen LogP contribution in [-0.4, -0.2) is 43.7 Å². The summed E-state index contributed by atoms with van der Waals surface area (Å²) in [4.78, 5) is 12.8. The third-order valence-corrected chi connectivity index (χ3v) is 8.50. The zero-order valence-corrected chi connectivity index (χ0v) is 17.2. The molecule has 0 bridgehead atoms. The average molecular weight is 377 g/mol. The highest BCUT2D eigenvalue weighted by atomic mass is 28.3. The second-order valence-corrected chi connectivity index (χ2v) is 14.6. The lowest BCUT2D eigenvalue weighted by Crippen LogP contribution is -2.67. The molecule has 26 heavy (non-hydrogen) atoms. The maximum atomic E-state index is 12.8. The fourth-order valence-electron chi connectivity index (χ4n) is 4.55. The van der Waals surface area contributed by atoms with Crippen LogP contribution in [0.25, 0.3) is 0 Å². The Bertz CT molecular complexity index is 698. The van der Waals surface area contributed by atoms with Gasteiger partial charge in [-0.05, 0) is 25.0 Å². The van der Waals surface area contributed by atoms with E-state index >= 15 is 0 Å². The molecule has 2 aliphatic heterocycles. The van der Waals surface area contributed by atoms with E-state index in [-0.39, 0.29) is 17.4 Å². The molecule has 1 spiro atoms. The summed E-state index contributed by atoms with van der Waals surface area (Å²) in [5, 5.41) is 0. The number of ether oxygens (including phenoxy) is 4. The summed E-state index contributed by atoms with van der Waals surface area (Å²) in [6.07, 6.45) is -0.790. The average Bonchev–Trinajstić information content (AvgIpc) is 3.01. The van der Waals surface area contributed by atoms with Gasteiger partial charge in [0.1, 0.15) is 12.2 Å². The number of ketones is 1. The molecule has 3 aliphatic rings. The SMILES string of the molecule is CC1(C)OC2O[C@]3(C(=O)CC3[Si](C)(C)C)[C@@H](OCc3ccccc3)C2O1. The van der Waals surface area contributed by atoms with Crippen molar-refractivity contribution in [2.24, 2.45) is 0 Å². The Kier molecular flexibility index (Phi) is 4.21. The van der Waals surface area contributed by atoms with Crippen LogP contribution in [0.1, 0.15) is 25.8 Å². The highest BCUT2D eigenvalue weighted by Gasteiger charge is 2.74. The molecule has 0 radical (unpaired) electrons. The van der Waals surface area contributed by atoms with Crippen LogP contribution in [0.15, 0.2) is 30.3 Å². The van der Waals surface area contributed by atoms with Gasteiger partial charge >= 0.3 is 0 Å². The van der Waals surface area contributed by atoms with E-state index in [0.29, 0.717) is 13.0 Å². The first-order valence-corrected chi connectivity index (χ1v) is 12.9. The number of carbonyl (C=O) groups excluding carboxylic acids is 1. The van der Waals surface area contributed by atoms with Gasteiger partial charge in [-0.25, -0.2) is 0 Å². The highest BCUT2D eigenvalue weighted by Crippen LogP contribution is 2.59. The predicted molar refractivity (Wildman–Crippen MR) is 99.4 cm³/mol. The Morgan fingerprint density at radius 2 is 1.81 bits per heavy atom. The van der Waals surface area contributed by atoms with Crippen molar-refractivity contribution in [1.29, 1.82) is 0 Å². The fraction of sp³-hybridized carbons (Fsp3) is 0.650. The van der Waals surface area contributed by atoms with Gasteiger partial charge in [0.05, 0.1) is 14.7 Å². The Labute approximate surface area is 156 Å². The number of hydrogen-bond acceptors (Lipinski definition) is 5. The molecule has 1 aliphatic carbocycles. The molecule has 4 rings (SSSR count). The molecule has 1 aromatic carbocycles. The summed E-state index contributed by atoms with van der Waals surface area (Å²) in [5.74, 6) is -0.602. The van der Waals surface area contributed by atoms with Gasteiger partial charge in [-0.2, -0.15) is 0 Å². The fourth-order valence-corrected chi connectivity index (χ4v) is 7.03. The van der Waals surface area contributed by atoms with Crippen molar-refractivity contribution in [3.63, 3.8) is 0 Å². The quantitative estimate of drug-likeness (QED) is 0.753. The lowest BCUT2D eigenvalue weighted by atomic mass is 9.73. The van der Waals surface area contributed by atoms with Gasteiger partial charge in [-0.15, -0.1) is 0 Å². The van der Waals surface area contributed by atoms with E-state index in [0.717, 1.165) is 5.56 Å². The van der Waals surface area contributed by atoms with Gasteiger partial charge < -0.3 is 18.9 Å². The number of fused-ring (bicyclic) bond motifs is 1. The minimum absolute atomic E-state index is 0.127. The van der Waals surface area contributed by atoms with E-state index in [1.54, 1.807) is 0 Å². The zero-order chi connectivity index (χ0) is 18.7. The standard InChI is InChI=1S/C20H28O5Si/c1-19(2)23-16-17(22-12-13-9-7-6-8-10-13)20(25-18(16)24-19)14(21)11-15(20)26(3,4)5/h6-10,15-18H,11-12H2,1-5H3/t15?,16?,17-,18?,20-/m0/s1. The molecule has 0 amide bonds. The van der Waals surface area contributed by atoms with Crippen molar-refractivity contribution in [2.75, 3.05) is 0 Å². The van der Waals surface area contributed by atoms with E-state index in [9.17, 15) is 4.79 Å². The third-order valence-electron chi connectivity index (χ3n) is 5.78. The molecule has 5 atom stereocenters. The topological polar surface area (TPSA) is 54.0 Å². The van der Waals surface area contributed by atoms with Gasteiger partial charge in [0.2, 0.25) is 0 Å². The van der Waals surface area contributed by atoms with Crippen LogP contribution < -0.4 is 0 Å². The van der Waals surface area contributed by atoms with Gasteiger partial charge in [0.15, 0.2) is 23.5 Å². The molecule has 3 unspecified atom stereocenters. The second-order valence-electron chi connectivity index (χ2n) is 9.14. The van der Waals surface area contributed by atoms with E-state index in [4.69, 9.17) is 18.9 Å². The summed E-state index contributed by atoms with van der Waals surface area (Å²) in [7, 11) is -1.62. The minimum Gasteiger partial charge on any atom is -0.367 e. The van der Waals surface area contributed by atoms with Crippen LogP contribution >= 0.6 is 0 Å².